The van der Waals surface area contributed by atoms with E-state index in [0.717, 1.165) is 19.3 Å². The molecule has 0 spiro atoms. The number of hydrogen-bond donors (Lipinski definition) is 2. The van der Waals surface area contributed by atoms with E-state index in [-0.39, 0.29) is 0 Å². The molecule has 15 heavy (non-hydrogen) atoms. The molecule has 0 aliphatic carbocycles. The summed E-state index contributed by atoms with van der Waals surface area (Å²) in [7, 11) is 0. The minimum absolute atomic E-state index is 0.356. The maximum atomic E-state index is 9.96. The lowest BCUT2D eigenvalue weighted by Gasteiger charge is -1.97. The molecule has 2 amide bonds. The third-order valence-corrected chi connectivity index (χ3v) is 1.28. The lowest BCUT2D eigenvalue weighted by Crippen LogP contribution is -2.13. The van der Waals surface area contributed by atoms with Crippen LogP contribution in [0, 0.1) is 0 Å². The lowest BCUT2D eigenvalue weighted by atomic mass is 10.3. The highest BCUT2D eigenvalue weighted by molar-refractivity contribution is 5.64. The minimum atomic E-state index is -0.711. The number of rotatable bonds is 5. The molecule has 0 fully saturated rings. The number of carbonyl (C=O) groups is 2. The molecule has 0 unspecified atom stereocenters. The molecular weight excluding hydrogens is 200 g/mol. The maximum absolute atomic E-state index is 9.96. The van der Waals surface area contributed by atoms with Crippen LogP contribution in [0.25, 0.3) is 0 Å². The predicted octanol–water partition coefficient (Wildman–Crippen LogP) is 1.37. The lowest BCUT2D eigenvalue weighted by molar-refractivity contribution is 0.154. The molecule has 0 aromatic heterocycles. The summed E-state index contributed by atoms with van der Waals surface area (Å²) >= 11 is 0. The third-order valence-electron chi connectivity index (χ3n) is 1.28. The molecule has 6 nitrogen and oxygen atoms in total. The van der Waals surface area contributed by atoms with Crippen molar-refractivity contribution in [1.82, 2.24) is 0 Å². The minimum Gasteiger partial charge on any atom is -0.450 e. The fraction of sp³-hybridized carbons (Fsp3) is 0.778. The normalized spacial score (nSPS) is 8.40. The monoisotopic (exact) mass is 220 g/mol. The number of carbonyl (C=O) groups excluding carboxylic acids is 2. The first-order valence-electron chi connectivity index (χ1n) is 4.89. The summed E-state index contributed by atoms with van der Waals surface area (Å²) < 4.78 is 8.66. The number of nitrogens with two attached hydrogens (primary N) is 2. The van der Waals surface area contributed by atoms with Crippen molar-refractivity contribution in [2.75, 3.05) is 13.2 Å². The van der Waals surface area contributed by atoms with Gasteiger partial charge >= 0.3 is 12.2 Å². The van der Waals surface area contributed by atoms with Gasteiger partial charge in [0, 0.05) is 0 Å². The van der Waals surface area contributed by atoms with Crippen LogP contribution in [0.5, 0.6) is 0 Å². The zero-order valence-electron chi connectivity index (χ0n) is 9.32. The fourth-order valence-electron chi connectivity index (χ4n) is 0.667. The first-order chi connectivity index (χ1) is 7.04. The van der Waals surface area contributed by atoms with E-state index in [0.29, 0.717) is 13.2 Å². The largest absolute Gasteiger partial charge is 0.450 e. The highest BCUT2D eigenvalue weighted by Crippen LogP contribution is 1.93. The van der Waals surface area contributed by atoms with E-state index in [1.54, 1.807) is 6.92 Å². The van der Waals surface area contributed by atoms with Gasteiger partial charge in [0.1, 0.15) is 0 Å². The molecule has 0 bridgehead atoms. The molecule has 0 aromatic carbocycles. The predicted molar refractivity (Wildman–Crippen MR) is 56.3 cm³/mol. The van der Waals surface area contributed by atoms with Gasteiger partial charge < -0.3 is 20.9 Å². The van der Waals surface area contributed by atoms with Gasteiger partial charge in [0.05, 0.1) is 13.2 Å². The Morgan fingerprint density at radius 1 is 1.00 bits per heavy atom. The molecule has 4 N–H and O–H groups in total. The Kier molecular flexibility index (Phi) is 13.4. The standard InChI is InChI=1S/C6H13NO2.C3H7NO2/c1-2-3-4-5-9-6(7)8;1-2-6-3(4)5/h2-5H2,1H3,(H2,7,8);2H2,1H3,(H2,4,5). The van der Waals surface area contributed by atoms with E-state index in [2.05, 4.69) is 22.1 Å². The fourth-order valence-corrected chi connectivity index (χ4v) is 0.667. The molecule has 0 atom stereocenters. The number of unbranched alkanes of at least 4 members (excludes halogenated alkanes) is 2. The smallest absolute Gasteiger partial charge is 0.404 e. The van der Waals surface area contributed by atoms with Crippen molar-refractivity contribution >= 4 is 12.2 Å². The molecule has 0 heterocycles. The van der Waals surface area contributed by atoms with Crippen molar-refractivity contribution in [3.8, 4) is 0 Å². The number of ether oxygens (including phenoxy) is 2. The van der Waals surface area contributed by atoms with E-state index in [9.17, 15) is 9.59 Å². The van der Waals surface area contributed by atoms with E-state index in [1.807, 2.05) is 0 Å². The second kappa shape index (κ2) is 12.5. The second-order valence-corrected chi connectivity index (χ2v) is 2.63. The molecule has 0 saturated carbocycles. The summed E-state index contributed by atoms with van der Waals surface area (Å²) in [5, 5.41) is 0. The van der Waals surface area contributed by atoms with Gasteiger partial charge in [0.25, 0.3) is 0 Å². The van der Waals surface area contributed by atoms with Gasteiger partial charge in [-0.25, -0.2) is 9.59 Å². The summed E-state index contributed by atoms with van der Waals surface area (Å²) in [6, 6.07) is 0. The summed E-state index contributed by atoms with van der Waals surface area (Å²) in [6.07, 6.45) is 1.75. The summed E-state index contributed by atoms with van der Waals surface area (Å²) in [5.74, 6) is 0. The van der Waals surface area contributed by atoms with Crippen molar-refractivity contribution < 1.29 is 19.1 Å². The van der Waals surface area contributed by atoms with Crippen molar-refractivity contribution in [1.29, 1.82) is 0 Å². The van der Waals surface area contributed by atoms with Gasteiger partial charge in [-0.1, -0.05) is 19.8 Å². The molecule has 90 valence electrons. The van der Waals surface area contributed by atoms with Crippen molar-refractivity contribution in [2.24, 2.45) is 11.5 Å². The van der Waals surface area contributed by atoms with Gasteiger partial charge in [-0.2, -0.15) is 0 Å². The van der Waals surface area contributed by atoms with Crippen LogP contribution in [0.1, 0.15) is 33.1 Å². The molecule has 0 radical (unpaired) electrons. The van der Waals surface area contributed by atoms with Crippen LogP contribution in [-0.2, 0) is 9.47 Å². The Hall–Kier alpha value is -1.46. The van der Waals surface area contributed by atoms with Crippen LogP contribution in [0.4, 0.5) is 9.59 Å². The van der Waals surface area contributed by atoms with Crippen LogP contribution >= 0.6 is 0 Å². The molecule has 0 aromatic rings. The van der Waals surface area contributed by atoms with Gasteiger partial charge in [0.15, 0.2) is 0 Å². The van der Waals surface area contributed by atoms with Gasteiger partial charge in [-0.15, -0.1) is 0 Å². The Balaban J connectivity index is 0. The average Bonchev–Trinajstić information content (AvgIpc) is 2.13. The van der Waals surface area contributed by atoms with E-state index >= 15 is 0 Å². The zero-order chi connectivity index (χ0) is 12.1. The molecular formula is C9H20N2O4. The van der Waals surface area contributed by atoms with E-state index < -0.39 is 12.2 Å². The molecule has 6 heteroatoms. The Labute approximate surface area is 89.9 Å². The molecule has 0 rings (SSSR count). The van der Waals surface area contributed by atoms with Crippen LogP contribution in [0.3, 0.4) is 0 Å². The average molecular weight is 220 g/mol. The van der Waals surface area contributed by atoms with Gasteiger partial charge in [0.2, 0.25) is 0 Å². The van der Waals surface area contributed by atoms with Crippen LogP contribution in [-0.4, -0.2) is 25.4 Å². The number of hydrogen-bond acceptors (Lipinski definition) is 4. The highest BCUT2D eigenvalue weighted by atomic mass is 16.5. The van der Waals surface area contributed by atoms with Crippen LogP contribution in [0.2, 0.25) is 0 Å². The summed E-state index contributed by atoms with van der Waals surface area (Å²) in [6.45, 7) is 4.60. The topological polar surface area (TPSA) is 105 Å². The maximum Gasteiger partial charge on any atom is 0.404 e. The Morgan fingerprint density at radius 3 is 1.80 bits per heavy atom. The Morgan fingerprint density at radius 2 is 1.53 bits per heavy atom. The van der Waals surface area contributed by atoms with Crippen molar-refractivity contribution in [3.63, 3.8) is 0 Å². The highest BCUT2D eigenvalue weighted by Gasteiger charge is 1.90. The third kappa shape index (κ3) is 24.5. The second-order valence-electron chi connectivity index (χ2n) is 2.63. The SMILES string of the molecule is CCCCCOC(N)=O.CCOC(N)=O. The van der Waals surface area contributed by atoms with Crippen LogP contribution in [0.15, 0.2) is 0 Å². The molecule has 0 aliphatic rings. The Bertz CT molecular complexity index is 173. The summed E-state index contributed by atoms with van der Waals surface area (Å²) in [4.78, 5) is 19.6. The number of primary amides is 2. The van der Waals surface area contributed by atoms with Gasteiger partial charge in [-0.3, -0.25) is 0 Å². The quantitative estimate of drug-likeness (QED) is 0.682. The van der Waals surface area contributed by atoms with Crippen molar-refractivity contribution in [3.05, 3.63) is 0 Å². The summed E-state index contributed by atoms with van der Waals surface area (Å²) in [5.41, 5.74) is 9.26. The first-order valence-corrected chi connectivity index (χ1v) is 4.89. The van der Waals surface area contributed by atoms with Crippen molar-refractivity contribution in [2.45, 2.75) is 33.1 Å². The molecule has 0 aliphatic heterocycles. The van der Waals surface area contributed by atoms with Gasteiger partial charge in [-0.05, 0) is 13.3 Å². The van der Waals surface area contributed by atoms with E-state index in [4.69, 9.17) is 5.73 Å². The number of amides is 2. The molecule has 0 saturated heterocycles. The van der Waals surface area contributed by atoms with E-state index in [1.165, 1.54) is 0 Å². The zero-order valence-corrected chi connectivity index (χ0v) is 9.32. The van der Waals surface area contributed by atoms with Crippen LogP contribution < -0.4 is 11.5 Å². The first kappa shape index (κ1) is 16.0.